The van der Waals surface area contributed by atoms with E-state index in [1.165, 1.54) is 0 Å². The van der Waals surface area contributed by atoms with Crippen molar-refractivity contribution in [2.24, 2.45) is 5.92 Å². The molecule has 3 amide bonds. The largest absolute Gasteiger partial charge is 0.488 e. The fourth-order valence-corrected chi connectivity index (χ4v) is 4.83. The number of hydrogen-bond acceptors (Lipinski definition) is 8. The highest BCUT2D eigenvalue weighted by Gasteiger charge is 2.31. The number of carbonyl (C=O) groups is 2. The van der Waals surface area contributed by atoms with Crippen LogP contribution < -0.4 is 15.4 Å². The molecule has 4 rings (SSSR count). The van der Waals surface area contributed by atoms with E-state index in [2.05, 4.69) is 32.6 Å². The number of pyridine rings is 1. The summed E-state index contributed by atoms with van der Waals surface area (Å²) in [5.74, 6) is 0.981. The molecule has 1 aromatic carbocycles. The summed E-state index contributed by atoms with van der Waals surface area (Å²) in [7, 11) is 2.04. The third-order valence-electron chi connectivity index (χ3n) is 7.14. The third-order valence-corrected chi connectivity index (χ3v) is 7.14. The first kappa shape index (κ1) is 29.0. The second kappa shape index (κ2) is 12.9. The SMILES string of the molecule is Cc1noc(C)c1NC(=O)Nc1ccc2c(c1)CC(=O)N([C@H](C)CO)C[C@@H](C)[C@@H](CN(C)Cc1ccncc1)O2. The first-order valence-corrected chi connectivity index (χ1v) is 13.4. The molecular formula is C29H38N6O5. The lowest BCUT2D eigenvalue weighted by Gasteiger charge is -2.34. The monoisotopic (exact) mass is 550 g/mol. The zero-order chi connectivity index (χ0) is 28.8. The van der Waals surface area contributed by atoms with Gasteiger partial charge in [0.25, 0.3) is 0 Å². The molecule has 214 valence electrons. The van der Waals surface area contributed by atoms with Crippen LogP contribution in [0.1, 0.15) is 36.4 Å². The minimum atomic E-state index is -0.454. The van der Waals surface area contributed by atoms with E-state index < -0.39 is 6.03 Å². The second-order valence-electron chi connectivity index (χ2n) is 10.5. The lowest BCUT2D eigenvalue weighted by atomic mass is 10.0. The molecule has 3 atom stereocenters. The minimum Gasteiger partial charge on any atom is -0.488 e. The van der Waals surface area contributed by atoms with Crippen LogP contribution in [0.5, 0.6) is 5.75 Å². The van der Waals surface area contributed by atoms with E-state index in [0.29, 0.717) is 47.2 Å². The Balaban J connectivity index is 1.57. The molecule has 3 N–H and O–H groups in total. The topological polar surface area (TPSA) is 133 Å². The number of likely N-dealkylation sites (N-methyl/N-ethyl adjacent to an activating group) is 1. The molecule has 0 bridgehead atoms. The van der Waals surface area contributed by atoms with Crippen molar-refractivity contribution in [3.05, 3.63) is 65.3 Å². The standard InChI is InChI=1S/C29H38N6O5/c1-18-14-35(19(2)17-36)27(37)13-23-12-24(31-29(38)32-28-20(3)33-40-21(28)4)6-7-25(23)39-26(18)16-34(5)15-22-8-10-30-11-9-22/h6-12,18-19,26,36H,13-17H2,1-5H3,(H2,31,32,38)/t18-,19-,26-/m1/s1. The zero-order valence-corrected chi connectivity index (χ0v) is 23.7. The van der Waals surface area contributed by atoms with E-state index in [1.807, 2.05) is 26.1 Å². The first-order chi connectivity index (χ1) is 19.1. The van der Waals surface area contributed by atoms with Crippen LogP contribution in [0.2, 0.25) is 0 Å². The van der Waals surface area contributed by atoms with Gasteiger partial charge < -0.3 is 29.9 Å². The maximum absolute atomic E-state index is 13.4. The van der Waals surface area contributed by atoms with Crippen molar-refractivity contribution in [3.8, 4) is 5.75 Å². The number of benzene rings is 1. The molecule has 0 aliphatic carbocycles. The fraction of sp³-hybridized carbons (Fsp3) is 0.448. The van der Waals surface area contributed by atoms with Crippen LogP contribution in [0.4, 0.5) is 16.2 Å². The summed E-state index contributed by atoms with van der Waals surface area (Å²) in [5.41, 5.74) is 3.41. The summed E-state index contributed by atoms with van der Waals surface area (Å²) >= 11 is 0. The van der Waals surface area contributed by atoms with Crippen molar-refractivity contribution in [2.45, 2.75) is 52.8 Å². The van der Waals surface area contributed by atoms with Gasteiger partial charge in [0.2, 0.25) is 5.91 Å². The number of urea groups is 1. The highest BCUT2D eigenvalue weighted by Crippen LogP contribution is 2.29. The molecule has 0 saturated carbocycles. The predicted molar refractivity (Wildman–Crippen MR) is 151 cm³/mol. The van der Waals surface area contributed by atoms with Gasteiger partial charge in [-0.05, 0) is 63.7 Å². The lowest BCUT2D eigenvalue weighted by molar-refractivity contribution is -0.134. The molecule has 1 aliphatic rings. The molecule has 0 unspecified atom stereocenters. The second-order valence-corrected chi connectivity index (χ2v) is 10.5. The van der Waals surface area contributed by atoms with E-state index in [-0.39, 0.29) is 37.0 Å². The van der Waals surface area contributed by atoms with Crippen LogP contribution in [0.15, 0.2) is 47.2 Å². The lowest BCUT2D eigenvalue weighted by Crippen LogP contribution is -2.47. The number of fused-ring (bicyclic) bond motifs is 1. The summed E-state index contributed by atoms with van der Waals surface area (Å²) in [4.78, 5) is 34.2. The predicted octanol–water partition coefficient (Wildman–Crippen LogP) is 3.61. The van der Waals surface area contributed by atoms with Crippen LogP contribution in [-0.4, -0.2) is 75.9 Å². The van der Waals surface area contributed by atoms with Gasteiger partial charge in [-0.25, -0.2) is 4.79 Å². The van der Waals surface area contributed by atoms with Crippen LogP contribution in [0, 0.1) is 19.8 Å². The quantitative estimate of drug-likeness (QED) is 0.387. The summed E-state index contributed by atoms with van der Waals surface area (Å²) in [6.45, 7) is 9.03. The molecule has 0 spiro atoms. The van der Waals surface area contributed by atoms with Crippen LogP contribution >= 0.6 is 0 Å². The Bertz CT molecular complexity index is 1290. The highest BCUT2D eigenvalue weighted by atomic mass is 16.5. The molecule has 3 aromatic rings. The van der Waals surface area contributed by atoms with Crippen molar-refractivity contribution in [3.63, 3.8) is 0 Å². The van der Waals surface area contributed by atoms with Crippen LogP contribution in [0.25, 0.3) is 0 Å². The number of carbonyl (C=O) groups excluding carboxylic acids is 2. The van der Waals surface area contributed by atoms with E-state index >= 15 is 0 Å². The van der Waals surface area contributed by atoms with Crippen molar-refractivity contribution in [1.82, 2.24) is 19.9 Å². The molecule has 0 fully saturated rings. The van der Waals surface area contributed by atoms with Crippen molar-refractivity contribution in [2.75, 3.05) is 37.4 Å². The first-order valence-electron chi connectivity index (χ1n) is 13.4. The molecular weight excluding hydrogens is 512 g/mol. The van der Waals surface area contributed by atoms with Gasteiger partial charge in [0, 0.05) is 49.2 Å². The number of anilines is 2. The van der Waals surface area contributed by atoms with Gasteiger partial charge in [0.1, 0.15) is 23.2 Å². The summed E-state index contributed by atoms with van der Waals surface area (Å²) in [6, 6.07) is 8.48. The van der Waals surface area contributed by atoms with Crippen molar-refractivity contribution in [1.29, 1.82) is 0 Å². The van der Waals surface area contributed by atoms with Crippen LogP contribution in [0.3, 0.4) is 0 Å². The Kier molecular flexibility index (Phi) is 9.38. The van der Waals surface area contributed by atoms with Crippen molar-refractivity contribution >= 4 is 23.3 Å². The molecule has 0 saturated heterocycles. The van der Waals surface area contributed by atoms with Gasteiger partial charge in [-0.15, -0.1) is 0 Å². The van der Waals surface area contributed by atoms with Crippen molar-refractivity contribution < 1.29 is 24.0 Å². The van der Waals surface area contributed by atoms with Gasteiger partial charge in [-0.2, -0.15) is 0 Å². The minimum absolute atomic E-state index is 0.0116. The smallest absolute Gasteiger partial charge is 0.323 e. The number of hydrogen-bond donors (Lipinski definition) is 3. The molecule has 0 radical (unpaired) electrons. The zero-order valence-electron chi connectivity index (χ0n) is 23.7. The molecule has 11 nitrogen and oxygen atoms in total. The van der Waals surface area contributed by atoms with Gasteiger partial charge in [-0.1, -0.05) is 12.1 Å². The van der Waals surface area contributed by atoms with Crippen LogP contribution in [-0.2, 0) is 17.8 Å². The van der Waals surface area contributed by atoms with E-state index in [0.717, 1.165) is 12.1 Å². The number of amides is 3. The summed E-state index contributed by atoms with van der Waals surface area (Å²) < 4.78 is 11.7. The number of aliphatic hydroxyl groups is 1. The maximum Gasteiger partial charge on any atom is 0.323 e. The average molecular weight is 551 g/mol. The number of aryl methyl sites for hydroxylation is 2. The molecule has 2 aromatic heterocycles. The highest BCUT2D eigenvalue weighted by molar-refractivity contribution is 6.00. The average Bonchev–Trinajstić information content (AvgIpc) is 3.25. The van der Waals surface area contributed by atoms with Gasteiger partial charge in [0.05, 0.1) is 19.1 Å². The summed E-state index contributed by atoms with van der Waals surface area (Å²) in [6.07, 6.45) is 3.40. The van der Waals surface area contributed by atoms with E-state index in [4.69, 9.17) is 9.26 Å². The fourth-order valence-electron chi connectivity index (χ4n) is 4.83. The maximum atomic E-state index is 13.4. The Labute approximate surface area is 234 Å². The Hall–Kier alpha value is -3.96. The Morgan fingerprint density at radius 2 is 1.98 bits per heavy atom. The molecule has 3 heterocycles. The number of rotatable bonds is 8. The van der Waals surface area contributed by atoms with Gasteiger partial charge in [-0.3, -0.25) is 14.7 Å². The van der Waals surface area contributed by atoms with Gasteiger partial charge in [0.15, 0.2) is 5.76 Å². The number of aromatic nitrogens is 2. The molecule has 11 heteroatoms. The normalized spacial score (nSPS) is 18.3. The van der Waals surface area contributed by atoms with E-state index in [1.54, 1.807) is 49.3 Å². The number of aliphatic hydroxyl groups excluding tert-OH is 1. The summed E-state index contributed by atoms with van der Waals surface area (Å²) in [5, 5.41) is 19.3. The van der Waals surface area contributed by atoms with Gasteiger partial charge >= 0.3 is 6.03 Å². The molecule has 40 heavy (non-hydrogen) atoms. The number of nitrogens with zero attached hydrogens (tertiary/aromatic N) is 4. The molecule has 1 aliphatic heterocycles. The Morgan fingerprint density at radius 1 is 1.23 bits per heavy atom. The van der Waals surface area contributed by atoms with E-state index in [9.17, 15) is 14.7 Å². The Morgan fingerprint density at radius 3 is 2.65 bits per heavy atom. The number of ether oxygens (including phenoxy) is 1. The number of nitrogens with one attached hydrogen (secondary N) is 2. The third kappa shape index (κ3) is 7.16.